The Kier molecular flexibility index (Phi) is 7.79. The number of rotatable bonds is 3. The Morgan fingerprint density at radius 2 is 1.59 bits per heavy atom. The van der Waals surface area contributed by atoms with Gasteiger partial charge < -0.3 is 4.98 Å². The summed E-state index contributed by atoms with van der Waals surface area (Å²) >= 11 is -2.38. The number of fused-ring (bicyclic) bond motifs is 6. The van der Waals surface area contributed by atoms with Crippen LogP contribution in [0.5, 0.6) is 0 Å². The molecule has 0 fully saturated rings. The second-order valence-corrected chi connectivity index (χ2v) is 27.3. The van der Waals surface area contributed by atoms with Gasteiger partial charge in [-0.15, -0.1) is 35.9 Å². The molecule has 0 saturated carbocycles. The van der Waals surface area contributed by atoms with E-state index < -0.39 is 28.2 Å². The SMILES string of the molecule is C[Si](C)(C)c1ccc(-c2[c-]cccc2)nc1.[2H]C([2H])([2H])c1ccnc(-c2[c-]ccc3c2oc2cc4[c](cc23)[Ge]([CH3])([CH3])[c]2ccccc2-4)c1.[Ir]. The number of benzene rings is 4. The topological polar surface area (TPSA) is 38.9 Å². The van der Waals surface area contributed by atoms with E-state index in [1.165, 1.54) is 37.4 Å². The summed E-state index contributed by atoms with van der Waals surface area (Å²) in [4.78, 5) is 8.95. The van der Waals surface area contributed by atoms with Gasteiger partial charge in [-0.2, -0.15) is 0 Å². The second kappa shape index (κ2) is 12.5. The molecule has 6 heteroatoms. The van der Waals surface area contributed by atoms with E-state index in [2.05, 4.69) is 102 Å². The van der Waals surface area contributed by atoms with Gasteiger partial charge in [0.15, 0.2) is 0 Å². The molecule has 46 heavy (non-hydrogen) atoms. The minimum atomic E-state index is -2.38. The Hall–Kier alpha value is -3.61. The molecular weight excluding hydrogens is 817 g/mol. The zero-order chi connectivity index (χ0) is 33.8. The van der Waals surface area contributed by atoms with Crippen LogP contribution in [0.3, 0.4) is 0 Å². The van der Waals surface area contributed by atoms with E-state index in [-0.39, 0.29) is 25.7 Å². The summed E-state index contributed by atoms with van der Waals surface area (Å²) < 4.78 is 32.6. The van der Waals surface area contributed by atoms with Gasteiger partial charge in [0.25, 0.3) is 0 Å². The maximum atomic E-state index is 7.73. The second-order valence-electron chi connectivity index (χ2n) is 13.2. The monoisotopic (exact) mass is 858 g/mol. The van der Waals surface area contributed by atoms with Crippen molar-refractivity contribution in [1.29, 1.82) is 0 Å². The van der Waals surface area contributed by atoms with Gasteiger partial charge in [-0.25, -0.2) is 0 Å². The summed E-state index contributed by atoms with van der Waals surface area (Å²) in [5, 5.41) is 3.49. The van der Waals surface area contributed by atoms with Gasteiger partial charge in [0, 0.05) is 26.3 Å². The molecule has 7 aromatic rings. The van der Waals surface area contributed by atoms with Gasteiger partial charge in [-0.05, 0) is 10.9 Å². The molecule has 231 valence electrons. The van der Waals surface area contributed by atoms with Crippen LogP contribution in [0.1, 0.15) is 9.68 Å². The number of aromatic nitrogens is 2. The molecule has 4 aromatic carbocycles. The quantitative estimate of drug-likeness (QED) is 0.132. The van der Waals surface area contributed by atoms with Crippen molar-refractivity contribution in [1.82, 2.24) is 9.97 Å². The third-order valence-electron chi connectivity index (χ3n) is 8.77. The van der Waals surface area contributed by atoms with Gasteiger partial charge in [0.05, 0.1) is 8.07 Å². The first-order valence-electron chi connectivity index (χ1n) is 16.7. The van der Waals surface area contributed by atoms with Crippen molar-refractivity contribution in [3.8, 4) is 33.6 Å². The molecule has 8 rings (SSSR count). The summed E-state index contributed by atoms with van der Waals surface area (Å²) in [6.45, 7) is 4.81. The Labute approximate surface area is 293 Å². The first-order valence-corrected chi connectivity index (χ1v) is 25.0. The van der Waals surface area contributed by atoms with E-state index in [0.29, 0.717) is 16.8 Å². The molecule has 0 amide bonds. The van der Waals surface area contributed by atoms with Crippen LogP contribution in [0.25, 0.3) is 55.6 Å². The van der Waals surface area contributed by atoms with Crippen molar-refractivity contribution >= 4 is 57.3 Å². The molecule has 0 unspecified atom stereocenters. The fraction of sp³-hybridized carbons (Fsp3) is 0.150. The molecule has 1 radical (unpaired) electrons. The molecule has 0 aliphatic carbocycles. The first kappa shape index (κ1) is 28.6. The smallest absolute Gasteiger partial charge is 0 e. The van der Waals surface area contributed by atoms with Crippen molar-refractivity contribution in [2.45, 2.75) is 38.0 Å². The number of pyridine rings is 2. The summed E-state index contributed by atoms with van der Waals surface area (Å²) in [7, 11) is -1.23. The predicted molar refractivity (Wildman–Crippen MR) is 194 cm³/mol. The van der Waals surface area contributed by atoms with Crippen LogP contribution >= 0.6 is 0 Å². The first-order chi connectivity index (χ1) is 22.8. The van der Waals surface area contributed by atoms with Gasteiger partial charge in [-0.1, -0.05) is 31.8 Å². The van der Waals surface area contributed by atoms with E-state index in [0.717, 1.165) is 27.6 Å². The fourth-order valence-corrected chi connectivity index (χ4v) is 13.7. The summed E-state index contributed by atoms with van der Waals surface area (Å²) in [5.41, 5.74) is 7.70. The number of hydrogen-bond donors (Lipinski definition) is 0. The van der Waals surface area contributed by atoms with Crippen LogP contribution < -0.4 is 14.0 Å². The zero-order valence-corrected chi connectivity index (χ0v) is 32.0. The van der Waals surface area contributed by atoms with Crippen LogP contribution in [0, 0.1) is 19.0 Å². The Morgan fingerprint density at radius 1 is 0.761 bits per heavy atom. The van der Waals surface area contributed by atoms with E-state index in [1.54, 1.807) is 6.07 Å². The fourth-order valence-electron chi connectivity index (χ4n) is 6.24. The number of furan rings is 1. The van der Waals surface area contributed by atoms with E-state index in [4.69, 9.17) is 8.53 Å². The maximum absolute atomic E-state index is 7.73. The Balaban J connectivity index is 0.000000208. The number of nitrogens with zero attached hydrogens (tertiary/aromatic N) is 2. The van der Waals surface area contributed by atoms with Gasteiger partial charge in [0.2, 0.25) is 0 Å². The Morgan fingerprint density at radius 3 is 2.33 bits per heavy atom. The molecule has 1 aliphatic heterocycles. The summed E-state index contributed by atoms with van der Waals surface area (Å²) in [6, 6.07) is 38.9. The molecule has 3 aromatic heterocycles. The van der Waals surface area contributed by atoms with Crippen molar-refractivity contribution in [2.75, 3.05) is 0 Å². The molecule has 0 bridgehead atoms. The van der Waals surface area contributed by atoms with E-state index in [9.17, 15) is 0 Å². The molecule has 3 nitrogen and oxygen atoms in total. The molecule has 0 saturated heterocycles. The molecule has 1 aliphatic rings. The maximum Gasteiger partial charge on any atom is 0 e. The zero-order valence-electron chi connectivity index (χ0n) is 29.5. The van der Waals surface area contributed by atoms with Gasteiger partial charge >= 0.3 is 177 Å². The van der Waals surface area contributed by atoms with Crippen LogP contribution in [-0.2, 0) is 20.1 Å². The summed E-state index contributed by atoms with van der Waals surface area (Å²) in [6.07, 6.45) is 3.55. The molecule has 0 N–H and O–H groups in total. The molecular formula is C40H36GeIrN2OSi-2. The van der Waals surface area contributed by atoms with Crippen molar-refractivity contribution in [3.63, 3.8) is 0 Å². The third kappa shape index (κ3) is 5.86. The largest absolute Gasteiger partial charge is 0 e. The predicted octanol–water partition coefficient (Wildman–Crippen LogP) is 8.65. The van der Waals surface area contributed by atoms with Crippen molar-refractivity contribution in [2.24, 2.45) is 0 Å². The van der Waals surface area contributed by atoms with Crippen LogP contribution in [0.15, 0.2) is 114 Å². The average Bonchev–Trinajstić information content (AvgIpc) is 3.55. The minimum absolute atomic E-state index is 0. The van der Waals surface area contributed by atoms with Crippen LogP contribution in [0.4, 0.5) is 0 Å². The normalized spacial score (nSPS) is 14.2. The van der Waals surface area contributed by atoms with Crippen molar-refractivity contribution in [3.05, 3.63) is 127 Å². The molecule has 4 heterocycles. The Bertz CT molecular complexity index is 2300. The van der Waals surface area contributed by atoms with Crippen LogP contribution in [0.2, 0.25) is 31.2 Å². The number of hydrogen-bond acceptors (Lipinski definition) is 3. The third-order valence-corrected chi connectivity index (χ3v) is 18.2. The average molecular weight is 857 g/mol. The molecule has 0 atom stereocenters. The van der Waals surface area contributed by atoms with E-state index >= 15 is 0 Å². The summed E-state index contributed by atoms with van der Waals surface area (Å²) in [5.74, 6) is 4.89. The standard InChI is InChI=1S/C26H20GeNO.C14H16NSi.Ir/c1-16-11-12-28-24(13-16)19-9-6-8-18-21-14-23-20(15-25(21)29-26(18)19)17-7-4-5-10-22(17)27(23,2)3;1-16(2,3)13-9-10-14(15-11-13)12-7-5-4-6-8-12;/h4-8,10-15H,1-3H3;4-7,9-11H,1-3H3;/q2*-1;/i1D3;;. The van der Waals surface area contributed by atoms with Gasteiger partial charge in [-0.3, -0.25) is 0 Å². The molecule has 0 spiro atoms. The van der Waals surface area contributed by atoms with Crippen LogP contribution in [-0.4, -0.2) is 31.3 Å². The van der Waals surface area contributed by atoms with Gasteiger partial charge in [0.1, 0.15) is 0 Å². The van der Waals surface area contributed by atoms with E-state index in [1.807, 2.05) is 42.6 Å². The minimum Gasteiger partial charge on any atom is 0 e. The number of aryl methyl sites for hydroxylation is 1. The van der Waals surface area contributed by atoms with Crippen molar-refractivity contribution < 1.29 is 28.6 Å².